The fourth-order valence-electron chi connectivity index (χ4n) is 2.33. The van der Waals surface area contributed by atoms with Crippen LogP contribution in [0.3, 0.4) is 0 Å². The van der Waals surface area contributed by atoms with E-state index in [9.17, 15) is 9.59 Å². The highest BCUT2D eigenvalue weighted by Gasteiger charge is 2.12. The lowest BCUT2D eigenvalue weighted by molar-refractivity contribution is -0.117. The summed E-state index contributed by atoms with van der Waals surface area (Å²) in [6, 6.07) is 12.5. The molecule has 0 radical (unpaired) electrons. The summed E-state index contributed by atoms with van der Waals surface area (Å²) in [6.45, 7) is -0.324. The van der Waals surface area contributed by atoms with Gasteiger partial charge in [0.15, 0.2) is 17.3 Å². The molecule has 1 aliphatic heterocycles. The van der Waals surface area contributed by atoms with Gasteiger partial charge < -0.3 is 19.9 Å². The van der Waals surface area contributed by atoms with Crippen molar-refractivity contribution < 1.29 is 24.2 Å². The summed E-state index contributed by atoms with van der Waals surface area (Å²) >= 11 is 0. The van der Waals surface area contributed by atoms with Crippen molar-refractivity contribution in [3.05, 3.63) is 65.7 Å². The van der Waals surface area contributed by atoms with E-state index in [4.69, 9.17) is 14.6 Å². The quantitative estimate of drug-likeness (QED) is 0.782. The zero-order valence-electron chi connectivity index (χ0n) is 13.8. The molecule has 0 atom stereocenters. The molecule has 0 spiro atoms. The van der Waals surface area contributed by atoms with E-state index in [1.807, 2.05) is 6.07 Å². The number of nitrogens with one attached hydrogen (secondary N) is 1. The Labute approximate surface area is 150 Å². The second-order valence-corrected chi connectivity index (χ2v) is 5.52. The van der Waals surface area contributed by atoms with Gasteiger partial charge >= 0.3 is 0 Å². The normalized spacial score (nSPS) is 12.7. The van der Waals surface area contributed by atoms with E-state index in [-0.39, 0.29) is 18.5 Å². The Kier molecular flexibility index (Phi) is 5.46. The van der Waals surface area contributed by atoms with Crippen LogP contribution in [-0.4, -0.2) is 30.2 Å². The maximum atomic E-state index is 12.1. The molecule has 26 heavy (non-hydrogen) atoms. The molecule has 0 bridgehead atoms. The van der Waals surface area contributed by atoms with Gasteiger partial charge in [0.2, 0.25) is 12.7 Å². The number of ketones is 1. The van der Waals surface area contributed by atoms with Crippen LogP contribution in [0.4, 0.5) is 5.69 Å². The maximum Gasteiger partial charge on any atom is 0.248 e. The fraction of sp³-hybridized carbons (Fsp3) is 0.100. The van der Waals surface area contributed by atoms with E-state index < -0.39 is 6.61 Å². The van der Waals surface area contributed by atoms with Gasteiger partial charge in [-0.05, 0) is 47.5 Å². The van der Waals surface area contributed by atoms with E-state index in [1.54, 1.807) is 48.6 Å². The minimum atomic E-state index is -0.530. The Bertz CT molecular complexity index is 886. The standard InChI is InChI=1S/C20H17NO5/c22-12-17(23)7-4-14-2-1-3-16(10-14)21-20(24)9-6-15-5-8-18-19(11-15)26-13-25-18/h1-11,22H,12-13H2,(H,21,24)/b7-4+,9-6+. The average molecular weight is 351 g/mol. The van der Waals surface area contributed by atoms with Crippen molar-refractivity contribution in [1.29, 1.82) is 0 Å². The molecule has 6 heteroatoms. The van der Waals surface area contributed by atoms with E-state index in [2.05, 4.69) is 5.32 Å². The van der Waals surface area contributed by atoms with Gasteiger partial charge in [0, 0.05) is 11.8 Å². The van der Waals surface area contributed by atoms with Gasteiger partial charge in [-0.25, -0.2) is 0 Å². The second-order valence-electron chi connectivity index (χ2n) is 5.52. The van der Waals surface area contributed by atoms with Crippen LogP contribution in [0.5, 0.6) is 11.5 Å². The Morgan fingerprint density at radius 2 is 1.77 bits per heavy atom. The van der Waals surface area contributed by atoms with Crippen molar-refractivity contribution in [3.8, 4) is 11.5 Å². The summed E-state index contributed by atoms with van der Waals surface area (Å²) in [5.74, 6) is 0.682. The van der Waals surface area contributed by atoms with Crippen LogP contribution in [0.2, 0.25) is 0 Å². The molecule has 3 rings (SSSR count). The van der Waals surface area contributed by atoms with Gasteiger partial charge in [0.05, 0.1) is 0 Å². The monoisotopic (exact) mass is 351 g/mol. The Morgan fingerprint density at radius 3 is 2.62 bits per heavy atom. The molecular formula is C20H17NO5. The molecule has 0 saturated heterocycles. The number of rotatable bonds is 6. The third-order valence-electron chi connectivity index (χ3n) is 3.60. The van der Waals surface area contributed by atoms with Crippen molar-refractivity contribution in [3.63, 3.8) is 0 Å². The third kappa shape index (κ3) is 4.58. The van der Waals surface area contributed by atoms with Gasteiger partial charge in [-0.2, -0.15) is 0 Å². The van der Waals surface area contributed by atoms with Gasteiger partial charge in [0.1, 0.15) is 6.61 Å². The van der Waals surface area contributed by atoms with Crippen LogP contribution < -0.4 is 14.8 Å². The number of carbonyl (C=O) groups is 2. The van der Waals surface area contributed by atoms with E-state index in [0.717, 1.165) is 11.1 Å². The molecule has 1 aliphatic rings. The highest BCUT2D eigenvalue weighted by Crippen LogP contribution is 2.32. The van der Waals surface area contributed by atoms with Gasteiger partial charge in [0.25, 0.3) is 0 Å². The number of aliphatic hydroxyl groups excluding tert-OH is 1. The number of benzene rings is 2. The number of hydrogen-bond acceptors (Lipinski definition) is 5. The summed E-state index contributed by atoms with van der Waals surface area (Å²) < 4.78 is 10.5. The lowest BCUT2D eigenvalue weighted by atomic mass is 10.1. The second kappa shape index (κ2) is 8.13. The molecule has 2 aromatic rings. The van der Waals surface area contributed by atoms with Crippen molar-refractivity contribution in [1.82, 2.24) is 0 Å². The molecule has 1 heterocycles. The first-order valence-electron chi connectivity index (χ1n) is 7.94. The lowest BCUT2D eigenvalue weighted by Crippen LogP contribution is -2.07. The average Bonchev–Trinajstić information content (AvgIpc) is 3.12. The van der Waals surface area contributed by atoms with E-state index in [0.29, 0.717) is 17.2 Å². The number of hydrogen-bond donors (Lipinski definition) is 2. The lowest BCUT2D eigenvalue weighted by Gasteiger charge is -2.03. The summed E-state index contributed by atoms with van der Waals surface area (Å²) in [5, 5.41) is 11.5. The molecule has 132 valence electrons. The van der Waals surface area contributed by atoms with Crippen molar-refractivity contribution in [2.24, 2.45) is 0 Å². The number of amides is 1. The number of carbonyl (C=O) groups excluding carboxylic acids is 2. The van der Waals surface area contributed by atoms with Crippen molar-refractivity contribution >= 4 is 29.5 Å². The minimum Gasteiger partial charge on any atom is -0.454 e. The molecular weight excluding hydrogens is 334 g/mol. The summed E-state index contributed by atoms with van der Waals surface area (Å²) in [7, 11) is 0. The Morgan fingerprint density at radius 1 is 1.00 bits per heavy atom. The topological polar surface area (TPSA) is 84.9 Å². The zero-order valence-corrected chi connectivity index (χ0v) is 13.8. The first-order chi connectivity index (χ1) is 12.6. The summed E-state index contributed by atoms with van der Waals surface area (Å²) in [6.07, 6.45) is 5.98. The summed E-state index contributed by atoms with van der Waals surface area (Å²) in [4.78, 5) is 23.2. The van der Waals surface area contributed by atoms with Crippen LogP contribution in [0.1, 0.15) is 11.1 Å². The zero-order chi connectivity index (χ0) is 18.4. The van der Waals surface area contributed by atoms with Crippen LogP contribution in [0.25, 0.3) is 12.2 Å². The molecule has 0 saturated carbocycles. The maximum absolute atomic E-state index is 12.1. The molecule has 0 fully saturated rings. The van der Waals surface area contributed by atoms with Crippen molar-refractivity contribution in [2.45, 2.75) is 0 Å². The van der Waals surface area contributed by atoms with Crippen LogP contribution >= 0.6 is 0 Å². The first-order valence-corrected chi connectivity index (χ1v) is 7.94. The molecule has 6 nitrogen and oxygen atoms in total. The smallest absolute Gasteiger partial charge is 0.248 e. The highest BCUT2D eigenvalue weighted by atomic mass is 16.7. The summed E-state index contributed by atoms with van der Waals surface area (Å²) in [5.41, 5.74) is 2.16. The Hall–Kier alpha value is -3.38. The molecule has 2 aromatic carbocycles. The van der Waals surface area contributed by atoms with Crippen LogP contribution in [0.15, 0.2) is 54.6 Å². The third-order valence-corrected chi connectivity index (χ3v) is 3.60. The van der Waals surface area contributed by atoms with E-state index in [1.165, 1.54) is 12.2 Å². The van der Waals surface area contributed by atoms with Crippen LogP contribution in [0, 0.1) is 0 Å². The molecule has 1 amide bonds. The first kappa shape index (κ1) is 17.4. The number of anilines is 1. The number of aliphatic hydroxyl groups is 1. The number of fused-ring (bicyclic) bond motifs is 1. The molecule has 0 aliphatic carbocycles. The number of ether oxygens (including phenoxy) is 2. The Balaban J connectivity index is 1.63. The molecule has 2 N–H and O–H groups in total. The van der Waals surface area contributed by atoms with Gasteiger partial charge in [-0.15, -0.1) is 0 Å². The van der Waals surface area contributed by atoms with E-state index >= 15 is 0 Å². The van der Waals surface area contributed by atoms with Gasteiger partial charge in [-0.3, -0.25) is 9.59 Å². The largest absolute Gasteiger partial charge is 0.454 e. The minimum absolute atomic E-state index is 0.206. The van der Waals surface area contributed by atoms with Gasteiger partial charge in [-0.1, -0.05) is 24.3 Å². The van der Waals surface area contributed by atoms with Crippen molar-refractivity contribution in [2.75, 3.05) is 18.7 Å². The SMILES string of the molecule is O=C(/C=C/c1cccc(NC(=O)/C=C/c2ccc3c(c2)OCO3)c1)CO. The predicted octanol–water partition coefficient (Wildman–Crippen LogP) is 2.64. The molecule has 0 aromatic heterocycles. The fourth-order valence-corrected chi connectivity index (χ4v) is 2.33. The predicted molar refractivity (Wildman–Crippen MR) is 97.8 cm³/mol. The highest BCUT2D eigenvalue weighted by molar-refractivity contribution is 6.02. The molecule has 0 unspecified atom stereocenters. The van der Waals surface area contributed by atoms with Crippen LogP contribution in [-0.2, 0) is 9.59 Å².